The van der Waals surface area contributed by atoms with E-state index in [0.717, 1.165) is 67.5 Å². The zero-order valence-electron chi connectivity index (χ0n) is 17.8. The summed E-state index contributed by atoms with van der Waals surface area (Å²) in [5, 5.41) is 15.7. The third-order valence-electron chi connectivity index (χ3n) is 6.85. The molecule has 0 saturated carbocycles. The number of nitrogens with one attached hydrogen (secondary N) is 1. The Hall–Kier alpha value is -1.20. The number of piperidine rings is 1. The molecule has 4 rings (SSSR count). The number of likely N-dealkylation sites (tertiary alicyclic amines) is 1. The number of alkyl halides is 1. The lowest BCUT2D eigenvalue weighted by molar-refractivity contribution is -0.119. The number of nitrogens with zero attached hydrogens (tertiary/aromatic N) is 1. The molecule has 0 bridgehead atoms. The SMILES string of the molecule is CC1(C)CN(CCC2CNC3=CC(Cl)CC=C3O2)CCC1(O)Cc1ccc(Cl)cc1. The predicted molar refractivity (Wildman–Crippen MR) is 123 cm³/mol. The van der Waals surface area contributed by atoms with Gasteiger partial charge in [-0.05, 0) is 49.1 Å². The monoisotopic (exact) mass is 450 g/mol. The summed E-state index contributed by atoms with van der Waals surface area (Å²) in [6.45, 7) is 7.91. The molecule has 3 atom stereocenters. The van der Waals surface area contributed by atoms with Crippen molar-refractivity contribution in [2.45, 2.75) is 56.6 Å². The Labute approximate surface area is 189 Å². The van der Waals surface area contributed by atoms with Gasteiger partial charge in [0.15, 0.2) is 0 Å². The third kappa shape index (κ3) is 4.83. The number of benzene rings is 1. The second-order valence-electron chi connectivity index (χ2n) is 9.55. The van der Waals surface area contributed by atoms with E-state index in [1.54, 1.807) is 0 Å². The van der Waals surface area contributed by atoms with Crippen molar-refractivity contribution in [3.8, 4) is 0 Å². The van der Waals surface area contributed by atoms with Gasteiger partial charge in [-0.2, -0.15) is 0 Å². The summed E-state index contributed by atoms with van der Waals surface area (Å²) in [6, 6.07) is 7.84. The van der Waals surface area contributed by atoms with Crippen LogP contribution >= 0.6 is 23.2 Å². The van der Waals surface area contributed by atoms with Crippen LogP contribution in [-0.4, -0.2) is 53.3 Å². The van der Waals surface area contributed by atoms with Gasteiger partial charge in [0.1, 0.15) is 11.9 Å². The molecule has 30 heavy (non-hydrogen) atoms. The second-order valence-corrected chi connectivity index (χ2v) is 10.6. The number of ether oxygens (including phenoxy) is 1. The van der Waals surface area contributed by atoms with Gasteiger partial charge < -0.3 is 20.1 Å². The van der Waals surface area contributed by atoms with Gasteiger partial charge in [0.25, 0.3) is 0 Å². The number of halogens is 2. The van der Waals surface area contributed by atoms with E-state index in [9.17, 15) is 5.11 Å². The van der Waals surface area contributed by atoms with Crippen molar-refractivity contribution < 1.29 is 9.84 Å². The number of morpholine rings is 1. The molecule has 0 spiro atoms. The molecule has 1 aliphatic carbocycles. The standard InChI is InChI=1S/C24H32Cl2N2O2/c1-23(2)16-28(12-10-24(23,29)14-17-3-5-18(25)6-4-17)11-9-20-15-27-21-13-19(26)7-8-22(21)30-20/h3-6,8,13,19-20,27,29H,7,9-12,14-16H2,1-2H3. The molecule has 4 nitrogen and oxygen atoms in total. The minimum absolute atomic E-state index is 0.0543. The van der Waals surface area contributed by atoms with Crippen molar-refractivity contribution in [1.29, 1.82) is 0 Å². The molecule has 3 aliphatic rings. The first-order valence-corrected chi connectivity index (χ1v) is 11.7. The van der Waals surface area contributed by atoms with Crippen LogP contribution in [0.2, 0.25) is 5.02 Å². The maximum absolute atomic E-state index is 11.5. The zero-order chi connectivity index (χ0) is 21.4. The van der Waals surface area contributed by atoms with E-state index in [4.69, 9.17) is 27.9 Å². The Bertz CT molecular complexity index is 821. The highest BCUT2D eigenvalue weighted by atomic mass is 35.5. The quantitative estimate of drug-likeness (QED) is 0.647. The molecular weight excluding hydrogens is 419 g/mol. The van der Waals surface area contributed by atoms with Gasteiger partial charge in [0.05, 0.1) is 23.2 Å². The topological polar surface area (TPSA) is 44.7 Å². The highest BCUT2D eigenvalue weighted by molar-refractivity contribution is 6.30. The van der Waals surface area contributed by atoms with Crippen LogP contribution in [0.3, 0.4) is 0 Å². The average molecular weight is 451 g/mol. The van der Waals surface area contributed by atoms with E-state index in [0.29, 0.717) is 6.42 Å². The molecule has 2 aliphatic heterocycles. The highest BCUT2D eigenvalue weighted by Crippen LogP contribution is 2.41. The van der Waals surface area contributed by atoms with Crippen molar-refractivity contribution in [1.82, 2.24) is 10.2 Å². The highest BCUT2D eigenvalue weighted by Gasteiger charge is 2.47. The van der Waals surface area contributed by atoms with Crippen LogP contribution in [0, 0.1) is 5.41 Å². The van der Waals surface area contributed by atoms with Crippen LogP contribution in [0.4, 0.5) is 0 Å². The Morgan fingerprint density at radius 2 is 2.03 bits per heavy atom. The van der Waals surface area contributed by atoms with Crippen LogP contribution in [0.25, 0.3) is 0 Å². The van der Waals surface area contributed by atoms with E-state index in [2.05, 4.69) is 30.1 Å². The maximum Gasteiger partial charge on any atom is 0.138 e. The van der Waals surface area contributed by atoms with E-state index in [-0.39, 0.29) is 16.9 Å². The number of allylic oxidation sites excluding steroid dienone is 2. The molecule has 164 valence electrons. The normalized spacial score (nSPS) is 31.1. The van der Waals surface area contributed by atoms with Crippen LogP contribution < -0.4 is 5.32 Å². The Morgan fingerprint density at radius 1 is 1.27 bits per heavy atom. The number of aliphatic hydroxyl groups is 1. The number of hydrogen-bond donors (Lipinski definition) is 2. The minimum Gasteiger partial charge on any atom is -0.487 e. The van der Waals surface area contributed by atoms with E-state index in [1.165, 1.54) is 0 Å². The van der Waals surface area contributed by atoms with E-state index < -0.39 is 5.60 Å². The first kappa shape index (κ1) is 22.0. The summed E-state index contributed by atoms with van der Waals surface area (Å²) in [6.07, 6.45) is 7.51. The van der Waals surface area contributed by atoms with Crippen LogP contribution in [0.1, 0.15) is 38.7 Å². The molecule has 1 aromatic carbocycles. The lowest BCUT2D eigenvalue weighted by Gasteiger charge is -2.51. The van der Waals surface area contributed by atoms with Gasteiger partial charge in [-0.25, -0.2) is 0 Å². The predicted octanol–water partition coefficient (Wildman–Crippen LogP) is 4.50. The van der Waals surface area contributed by atoms with E-state index >= 15 is 0 Å². The van der Waals surface area contributed by atoms with Crippen molar-refractivity contribution in [2.24, 2.45) is 5.41 Å². The fourth-order valence-corrected chi connectivity index (χ4v) is 5.12. The molecule has 6 heteroatoms. The summed E-state index contributed by atoms with van der Waals surface area (Å²) in [7, 11) is 0. The molecule has 0 aromatic heterocycles. The number of fused-ring (bicyclic) bond motifs is 1. The molecule has 3 unspecified atom stereocenters. The van der Waals surface area contributed by atoms with Gasteiger partial charge in [-0.15, -0.1) is 11.6 Å². The lowest BCUT2D eigenvalue weighted by Crippen LogP contribution is -2.58. The number of hydrogen-bond acceptors (Lipinski definition) is 4. The van der Waals surface area contributed by atoms with Gasteiger partial charge in [-0.3, -0.25) is 0 Å². The first-order valence-electron chi connectivity index (χ1n) is 10.9. The van der Waals surface area contributed by atoms with Gasteiger partial charge >= 0.3 is 0 Å². The fourth-order valence-electron chi connectivity index (χ4n) is 4.78. The molecular formula is C24H32Cl2N2O2. The van der Waals surface area contributed by atoms with Crippen LogP contribution in [0.15, 0.2) is 47.9 Å². The summed E-state index contributed by atoms with van der Waals surface area (Å²) in [5.74, 6) is 0.944. The van der Waals surface area contributed by atoms with Crippen LogP contribution in [0.5, 0.6) is 0 Å². The second kappa shape index (κ2) is 8.74. The van der Waals surface area contributed by atoms with Gasteiger partial charge in [-0.1, -0.05) is 37.6 Å². The summed E-state index contributed by atoms with van der Waals surface area (Å²) in [5.41, 5.74) is 1.25. The van der Waals surface area contributed by atoms with Crippen LogP contribution in [-0.2, 0) is 11.2 Å². The third-order valence-corrected chi connectivity index (χ3v) is 7.41. The lowest BCUT2D eigenvalue weighted by atomic mass is 9.67. The minimum atomic E-state index is -0.717. The zero-order valence-corrected chi connectivity index (χ0v) is 19.3. The van der Waals surface area contributed by atoms with Crippen molar-refractivity contribution in [3.63, 3.8) is 0 Å². The first-order chi connectivity index (χ1) is 14.2. The molecule has 2 fully saturated rings. The molecule has 2 saturated heterocycles. The molecule has 0 radical (unpaired) electrons. The van der Waals surface area contributed by atoms with Crippen molar-refractivity contribution in [2.75, 3.05) is 26.2 Å². The Morgan fingerprint density at radius 3 is 2.77 bits per heavy atom. The fraction of sp³-hybridized carbons (Fsp3) is 0.583. The summed E-state index contributed by atoms with van der Waals surface area (Å²) in [4.78, 5) is 2.47. The largest absolute Gasteiger partial charge is 0.487 e. The molecule has 2 N–H and O–H groups in total. The van der Waals surface area contributed by atoms with Crippen molar-refractivity contribution >= 4 is 23.2 Å². The smallest absolute Gasteiger partial charge is 0.138 e. The summed E-state index contributed by atoms with van der Waals surface area (Å²) < 4.78 is 6.20. The van der Waals surface area contributed by atoms with Gasteiger partial charge in [0, 0.05) is 36.5 Å². The summed E-state index contributed by atoms with van der Waals surface area (Å²) >= 11 is 12.2. The molecule has 2 heterocycles. The van der Waals surface area contributed by atoms with E-state index in [1.807, 2.05) is 30.3 Å². The number of rotatable bonds is 5. The molecule has 0 amide bonds. The average Bonchev–Trinajstić information content (AvgIpc) is 2.71. The van der Waals surface area contributed by atoms with Crippen molar-refractivity contribution in [3.05, 3.63) is 58.5 Å². The molecule has 1 aromatic rings. The van der Waals surface area contributed by atoms with Gasteiger partial charge in [0.2, 0.25) is 0 Å². The maximum atomic E-state index is 11.5. The Kier molecular flexibility index (Phi) is 6.41. The Balaban J connectivity index is 1.30.